The fraction of sp³-hybridized carbons (Fsp3) is 0.133. The number of ether oxygens (including phenoxy) is 2. The van der Waals surface area contributed by atoms with Gasteiger partial charge in [0.25, 0.3) is 0 Å². The van der Waals surface area contributed by atoms with E-state index in [9.17, 15) is 9.90 Å². The number of hydrogen-bond donors (Lipinski definition) is 1. The van der Waals surface area contributed by atoms with E-state index >= 15 is 0 Å². The first-order valence-corrected chi connectivity index (χ1v) is 6.10. The fourth-order valence-corrected chi connectivity index (χ4v) is 1.84. The highest BCUT2D eigenvalue weighted by Crippen LogP contribution is 2.33. The summed E-state index contributed by atoms with van der Waals surface area (Å²) in [6, 6.07) is 8.53. The van der Waals surface area contributed by atoms with Gasteiger partial charge in [0.05, 0.1) is 14.2 Å². The Hall–Kier alpha value is -2.89. The number of hydrogen-bond acceptors (Lipinski definition) is 5. The number of carbonyl (C=O) groups is 1. The van der Waals surface area contributed by atoms with Crippen LogP contribution in [0.3, 0.4) is 0 Å². The highest BCUT2D eigenvalue weighted by atomic mass is 16.5. The fourth-order valence-electron chi connectivity index (χ4n) is 1.84. The number of benzene rings is 1. The molecule has 6 nitrogen and oxygen atoms in total. The van der Waals surface area contributed by atoms with Crippen LogP contribution in [0.5, 0.6) is 11.5 Å². The number of rotatable bonds is 5. The molecule has 0 fully saturated rings. The minimum absolute atomic E-state index is 0.00321. The molecule has 0 amide bonds. The molecule has 2 aromatic rings. The first-order chi connectivity index (χ1) is 10.2. The molecule has 0 aliphatic carbocycles. The normalized spacial score (nSPS) is 10.6. The predicted octanol–water partition coefficient (Wildman–Crippen LogP) is 2.55. The summed E-state index contributed by atoms with van der Waals surface area (Å²) in [6.07, 6.45) is 3.05. The van der Waals surface area contributed by atoms with Gasteiger partial charge in [-0.3, -0.25) is 0 Å². The lowest BCUT2D eigenvalue weighted by Crippen LogP contribution is -2.06. The Morgan fingerprint density at radius 2 is 2.05 bits per heavy atom. The van der Waals surface area contributed by atoms with E-state index in [1.165, 1.54) is 20.4 Å². The van der Waals surface area contributed by atoms with Crippen molar-refractivity contribution in [3.05, 3.63) is 47.7 Å². The molecule has 0 aliphatic heterocycles. The van der Waals surface area contributed by atoms with Crippen LogP contribution in [0.2, 0.25) is 0 Å². The van der Waals surface area contributed by atoms with E-state index in [4.69, 9.17) is 9.47 Å². The molecular formula is C15H14N2O4. The van der Waals surface area contributed by atoms with E-state index in [0.29, 0.717) is 17.1 Å². The van der Waals surface area contributed by atoms with Gasteiger partial charge < -0.3 is 14.6 Å². The van der Waals surface area contributed by atoms with E-state index in [1.807, 2.05) is 0 Å². The maximum absolute atomic E-state index is 11.5. The molecule has 1 N–H and O–H groups in total. The van der Waals surface area contributed by atoms with Crippen molar-refractivity contribution >= 4 is 18.0 Å². The molecule has 21 heavy (non-hydrogen) atoms. The summed E-state index contributed by atoms with van der Waals surface area (Å²) in [5.41, 5.74) is 0.405. The smallest absolute Gasteiger partial charge is 0.340 e. The molecule has 0 spiro atoms. The summed E-state index contributed by atoms with van der Waals surface area (Å²) >= 11 is 0. The molecule has 0 radical (unpaired) electrons. The number of methoxy groups -OCH3 is 2. The van der Waals surface area contributed by atoms with Crippen molar-refractivity contribution in [2.75, 3.05) is 14.2 Å². The van der Waals surface area contributed by atoms with Crippen LogP contribution in [-0.4, -0.2) is 36.5 Å². The second-order valence-electron chi connectivity index (χ2n) is 4.02. The van der Waals surface area contributed by atoms with Crippen molar-refractivity contribution in [1.82, 2.24) is 4.98 Å². The third kappa shape index (κ3) is 3.17. The Morgan fingerprint density at radius 3 is 2.62 bits per heavy atom. The third-order valence-electron chi connectivity index (χ3n) is 2.78. The third-order valence-corrected chi connectivity index (χ3v) is 2.78. The summed E-state index contributed by atoms with van der Waals surface area (Å²) in [5.74, 6) is -0.114. The zero-order chi connectivity index (χ0) is 15.2. The predicted molar refractivity (Wildman–Crippen MR) is 78.0 cm³/mol. The van der Waals surface area contributed by atoms with Crippen LogP contribution < -0.4 is 9.47 Å². The molecule has 0 bridgehead atoms. The van der Waals surface area contributed by atoms with Crippen LogP contribution in [0, 0.1) is 0 Å². The Balaban J connectivity index is 2.49. The second kappa shape index (κ2) is 6.51. The van der Waals surface area contributed by atoms with E-state index in [2.05, 4.69) is 9.98 Å². The number of carboxylic acids is 1. The minimum atomic E-state index is -1.12. The number of aliphatic imine (C=N–C) groups is 1. The van der Waals surface area contributed by atoms with Gasteiger partial charge in [0.2, 0.25) is 0 Å². The van der Waals surface area contributed by atoms with Gasteiger partial charge in [-0.15, -0.1) is 0 Å². The van der Waals surface area contributed by atoms with Crippen LogP contribution in [0.15, 0.2) is 41.5 Å². The van der Waals surface area contributed by atoms with Gasteiger partial charge in [0, 0.05) is 18.0 Å². The van der Waals surface area contributed by atoms with Crippen molar-refractivity contribution in [1.29, 1.82) is 0 Å². The van der Waals surface area contributed by atoms with E-state index in [-0.39, 0.29) is 11.3 Å². The van der Waals surface area contributed by atoms with Gasteiger partial charge in [-0.1, -0.05) is 6.07 Å². The van der Waals surface area contributed by atoms with E-state index in [0.717, 1.165) is 0 Å². The minimum Gasteiger partial charge on any atom is -0.493 e. The first kappa shape index (κ1) is 14.5. The van der Waals surface area contributed by atoms with Gasteiger partial charge in [0.1, 0.15) is 5.56 Å². The van der Waals surface area contributed by atoms with Crippen LogP contribution in [0.25, 0.3) is 0 Å². The number of aromatic carboxylic acids is 1. The van der Waals surface area contributed by atoms with Gasteiger partial charge in [-0.25, -0.2) is 14.8 Å². The number of pyridine rings is 1. The molecule has 1 aromatic carbocycles. The van der Waals surface area contributed by atoms with Crippen LogP contribution in [0.1, 0.15) is 15.9 Å². The quantitative estimate of drug-likeness (QED) is 0.854. The highest BCUT2D eigenvalue weighted by Gasteiger charge is 2.19. The summed E-state index contributed by atoms with van der Waals surface area (Å²) in [6.45, 7) is 0. The van der Waals surface area contributed by atoms with Crippen molar-refractivity contribution in [2.45, 2.75) is 0 Å². The van der Waals surface area contributed by atoms with Crippen molar-refractivity contribution in [3.63, 3.8) is 0 Å². The van der Waals surface area contributed by atoms with E-state index in [1.54, 1.807) is 36.5 Å². The summed E-state index contributed by atoms with van der Waals surface area (Å²) in [4.78, 5) is 19.7. The lowest BCUT2D eigenvalue weighted by molar-refractivity contribution is 0.0692. The van der Waals surface area contributed by atoms with Crippen molar-refractivity contribution in [3.8, 4) is 11.5 Å². The Kier molecular flexibility index (Phi) is 4.50. The Morgan fingerprint density at radius 1 is 1.24 bits per heavy atom. The maximum Gasteiger partial charge on any atom is 0.340 e. The average Bonchev–Trinajstić information content (AvgIpc) is 2.52. The highest BCUT2D eigenvalue weighted by molar-refractivity contribution is 6.02. The molecule has 1 aromatic heterocycles. The SMILES string of the molecule is COc1ccc(/C=N/c2ccccn2)c(C(=O)O)c1OC. The topological polar surface area (TPSA) is 81.0 Å². The summed E-state index contributed by atoms with van der Waals surface area (Å²) < 4.78 is 10.2. The van der Waals surface area contributed by atoms with Crippen molar-refractivity contribution < 1.29 is 19.4 Å². The zero-order valence-corrected chi connectivity index (χ0v) is 11.6. The van der Waals surface area contributed by atoms with Gasteiger partial charge in [-0.05, 0) is 24.3 Å². The maximum atomic E-state index is 11.5. The molecule has 0 atom stereocenters. The molecule has 1 heterocycles. The standard InChI is InChI=1S/C15H14N2O4/c1-20-11-7-6-10(13(15(18)19)14(11)21-2)9-17-12-5-3-4-8-16-12/h3-9H,1-2H3,(H,18,19)/b17-9+. The molecule has 0 saturated heterocycles. The second-order valence-corrected chi connectivity index (χ2v) is 4.02. The number of aromatic nitrogens is 1. The summed E-state index contributed by atoms with van der Waals surface area (Å²) in [5, 5.41) is 9.38. The zero-order valence-electron chi connectivity index (χ0n) is 11.6. The molecular weight excluding hydrogens is 272 g/mol. The molecule has 0 saturated carbocycles. The Bertz CT molecular complexity index is 669. The number of carboxylic acid groups (broad SMARTS) is 1. The molecule has 6 heteroatoms. The molecule has 0 aliphatic rings. The van der Waals surface area contributed by atoms with E-state index < -0.39 is 5.97 Å². The largest absolute Gasteiger partial charge is 0.493 e. The van der Waals surface area contributed by atoms with Gasteiger partial charge in [-0.2, -0.15) is 0 Å². The van der Waals surface area contributed by atoms with Gasteiger partial charge >= 0.3 is 5.97 Å². The number of nitrogens with zero attached hydrogens (tertiary/aromatic N) is 2. The van der Waals surface area contributed by atoms with Crippen LogP contribution in [0.4, 0.5) is 5.82 Å². The lowest BCUT2D eigenvalue weighted by Gasteiger charge is -2.12. The molecule has 108 valence electrons. The monoisotopic (exact) mass is 286 g/mol. The average molecular weight is 286 g/mol. The lowest BCUT2D eigenvalue weighted by atomic mass is 10.1. The van der Waals surface area contributed by atoms with Crippen LogP contribution in [-0.2, 0) is 0 Å². The molecule has 0 unspecified atom stereocenters. The van der Waals surface area contributed by atoms with Gasteiger partial charge in [0.15, 0.2) is 17.3 Å². The molecule has 2 rings (SSSR count). The first-order valence-electron chi connectivity index (χ1n) is 6.10. The summed E-state index contributed by atoms with van der Waals surface area (Å²) in [7, 11) is 2.84. The Labute approximate surface area is 121 Å². The van der Waals surface area contributed by atoms with Crippen LogP contribution >= 0.6 is 0 Å². The van der Waals surface area contributed by atoms with Crippen molar-refractivity contribution in [2.24, 2.45) is 4.99 Å².